The molecule has 2 aromatic carbocycles. The van der Waals surface area contributed by atoms with Crippen LogP contribution in [0.5, 0.6) is 11.5 Å². The van der Waals surface area contributed by atoms with E-state index < -0.39 is 0 Å². The Morgan fingerprint density at radius 2 is 2.08 bits per heavy atom. The van der Waals surface area contributed by atoms with Crippen molar-refractivity contribution in [2.45, 2.75) is 12.1 Å². The number of amides is 1. The fraction of sp³-hybridized carbons (Fsp3) is 0.176. The molecule has 9 heteroatoms. The molecule has 0 radical (unpaired) electrons. The number of tetrazole rings is 1. The van der Waals surface area contributed by atoms with Gasteiger partial charge in [-0.1, -0.05) is 30.0 Å². The van der Waals surface area contributed by atoms with Crippen LogP contribution in [0.4, 0.5) is 5.69 Å². The first-order chi connectivity index (χ1) is 12.7. The zero-order valence-corrected chi connectivity index (χ0v) is 14.7. The summed E-state index contributed by atoms with van der Waals surface area (Å²) in [5.74, 6) is 1.41. The second-order valence-electron chi connectivity index (χ2n) is 5.56. The van der Waals surface area contributed by atoms with E-state index in [-0.39, 0.29) is 18.5 Å². The number of carbonyl (C=O) groups excluding carboxylic acids is 1. The summed E-state index contributed by atoms with van der Waals surface area (Å²) >= 11 is 1.26. The fourth-order valence-electron chi connectivity index (χ4n) is 2.48. The number of carbonyl (C=O) groups is 1. The van der Waals surface area contributed by atoms with E-state index in [1.54, 1.807) is 16.8 Å². The number of nitrogens with zero attached hydrogens (tertiary/aromatic N) is 4. The summed E-state index contributed by atoms with van der Waals surface area (Å²) in [6.07, 6.45) is 0. The molecule has 0 spiro atoms. The number of benzene rings is 2. The Morgan fingerprint density at radius 1 is 1.23 bits per heavy atom. The maximum absolute atomic E-state index is 12.2. The smallest absolute Gasteiger partial charge is 0.234 e. The Hall–Kier alpha value is -3.07. The number of aromatic nitrogens is 4. The van der Waals surface area contributed by atoms with Gasteiger partial charge in [-0.15, -0.1) is 5.10 Å². The van der Waals surface area contributed by atoms with Gasteiger partial charge < -0.3 is 14.8 Å². The van der Waals surface area contributed by atoms with Gasteiger partial charge in [0.25, 0.3) is 0 Å². The second kappa shape index (κ2) is 7.04. The van der Waals surface area contributed by atoms with Crippen molar-refractivity contribution in [2.24, 2.45) is 0 Å². The lowest BCUT2D eigenvalue weighted by Crippen LogP contribution is -2.15. The van der Waals surface area contributed by atoms with Crippen LogP contribution in [-0.2, 0) is 4.79 Å². The van der Waals surface area contributed by atoms with Crippen LogP contribution in [0, 0.1) is 6.92 Å². The zero-order valence-electron chi connectivity index (χ0n) is 13.9. The molecular weight excluding hydrogens is 354 g/mol. The number of aryl methyl sites for hydroxylation is 1. The third-order valence-electron chi connectivity index (χ3n) is 3.79. The Bertz CT molecular complexity index is 959. The van der Waals surface area contributed by atoms with Gasteiger partial charge >= 0.3 is 0 Å². The molecule has 2 heterocycles. The SMILES string of the molecule is Cc1ccccc1NC(=O)CSc1nnnn1-c1ccc2c(c1)OCO2. The van der Waals surface area contributed by atoms with Crippen LogP contribution in [0.2, 0.25) is 0 Å². The van der Waals surface area contributed by atoms with E-state index in [9.17, 15) is 4.79 Å². The standard InChI is InChI=1S/C17H15N5O3S/c1-11-4-2-3-5-13(11)18-16(23)9-26-17-19-20-21-22(17)12-6-7-14-15(8-12)25-10-24-14/h2-8H,9-10H2,1H3,(H,18,23). The summed E-state index contributed by atoms with van der Waals surface area (Å²) in [4.78, 5) is 12.2. The molecule has 8 nitrogen and oxygen atoms in total. The monoisotopic (exact) mass is 369 g/mol. The van der Waals surface area contributed by atoms with Crippen molar-refractivity contribution in [1.29, 1.82) is 0 Å². The molecule has 1 aromatic heterocycles. The highest BCUT2D eigenvalue weighted by Crippen LogP contribution is 2.34. The Morgan fingerprint density at radius 3 is 2.96 bits per heavy atom. The van der Waals surface area contributed by atoms with E-state index in [1.165, 1.54) is 11.8 Å². The summed E-state index contributed by atoms with van der Waals surface area (Å²) in [6.45, 7) is 2.15. The van der Waals surface area contributed by atoms with Gasteiger partial charge in [0.15, 0.2) is 11.5 Å². The molecule has 0 unspecified atom stereocenters. The molecule has 1 aliphatic rings. The summed E-state index contributed by atoms with van der Waals surface area (Å²) in [5, 5.41) is 15.1. The van der Waals surface area contributed by atoms with Crippen LogP contribution in [0.15, 0.2) is 47.6 Å². The highest BCUT2D eigenvalue weighted by atomic mass is 32.2. The number of ether oxygens (including phenoxy) is 2. The van der Waals surface area contributed by atoms with Crippen molar-refractivity contribution >= 4 is 23.4 Å². The van der Waals surface area contributed by atoms with Crippen molar-refractivity contribution in [3.63, 3.8) is 0 Å². The van der Waals surface area contributed by atoms with E-state index in [1.807, 2.05) is 37.3 Å². The van der Waals surface area contributed by atoms with Gasteiger partial charge in [0, 0.05) is 11.8 Å². The van der Waals surface area contributed by atoms with E-state index in [0.717, 1.165) is 16.9 Å². The first kappa shape index (κ1) is 16.4. The van der Waals surface area contributed by atoms with Crippen molar-refractivity contribution in [2.75, 3.05) is 17.9 Å². The number of hydrogen-bond acceptors (Lipinski definition) is 7. The minimum Gasteiger partial charge on any atom is -0.454 e. The van der Waals surface area contributed by atoms with Crippen molar-refractivity contribution in [3.8, 4) is 17.2 Å². The molecule has 1 aliphatic heterocycles. The molecule has 0 fully saturated rings. The number of thioether (sulfide) groups is 1. The minimum atomic E-state index is -0.121. The molecule has 4 rings (SSSR count). The van der Waals surface area contributed by atoms with Crippen molar-refractivity contribution < 1.29 is 14.3 Å². The van der Waals surface area contributed by atoms with Crippen molar-refractivity contribution in [3.05, 3.63) is 48.0 Å². The lowest BCUT2D eigenvalue weighted by molar-refractivity contribution is -0.113. The lowest BCUT2D eigenvalue weighted by atomic mass is 10.2. The van der Waals surface area contributed by atoms with Gasteiger partial charge in [-0.05, 0) is 41.1 Å². The molecule has 132 valence electrons. The van der Waals surface area contributed by atoms with Gasteiger partial charge in [-0.3, -0.25) is 4.79 Å². The Balaban J connectivity index is 1.44. The van der Waals surface area contributed by atoms with Crippen LogP contribution >= 0.6 is 11.8 Å². The van der Waals surface area contributed by atoms with Crippen LogP contribution in [-0.4, -0.2) is 38.7 Å². The van der Waals surface area contributed by atoms with Gasteiger partial charge in [0.05, 0.1) is 11.4 Å². The average molecular weight is 369 g/mol. The molecular formula is C17H15N5O3S. The molecule has 1 N–H and O–H groups in total. The molecule has 1 amide bonds. The fourth-order valence-corrected chi connectivity index (χ4v) is 3.17. The second-order valence-corrected chi connectivity index (χ2v) is 6.51. The number of rotatable bonds is 5. The topological polar surface area (TPSA) is 91.2 Å². The lowest BCUT2D eigenvalue weighted by Gasteiger charge is -2.08. The number of para-hydroxylation sites is 1. The first-order valence-electron chi connectivity index (χ1n) is 7.87. The maximum atomic E-state index is 12.2. The van der Waals surface area contributed by atoms with E-state index in [0.29, 0.717) is 16.7 Å². The largest absolute Gasteiger partial charge is 0.454 e. The predicted octanol–water partition coefficient (Wildman–Crippen LogP) is 2.43. The maximum Gasteiger partial charge on any atom is 0.234 e. The summed E-state index contributed by atoms with van der Waals surface area (Å²) < 4.78 is 12.2. The number of fused-ring (bicyclic) bond motifs is 1. The summed E-state index contributed by atoms with van der Waals surface area (Å²) in [6, 6.07) is 13.1. The average Bonchev–Trinajstić information content (AvgIpc) is 3.30. The van der Waals surface area contributed by atoms with Crippen molar-refractivity contribution in [1.82, 2.24) is 20.2 Å². The minimum absolute atomic E-state index is 0.121. The first-order valence-corrected chi connectivity index (χ1v) is 8.86. The van der Waals surface area contributed by atoms with E-state index >= 15 is 0 Å². The highest BCUT2D eigenvalue weighted by Gasteiger charge is 2.17. The van der Waals surface area contributed by atoms with Gasteiger partial charge in [0.1, 0.15) is 0 Å². The molecule has 0 bridgehead atoms. The number of hydrogen-bond donors (Lipinski definition) is 1. The normalized spacial score (nSPS) is 12.2. The van der Waals surface area contributed by atoms with Crippen LogP contribution in [0.1, 0.15) is 5.56 Å². The predicted molar refractivity (Wildman–Crippen MR) is 95.8 cm³/mol. The quantitative estimate of drug-likeness (QED) is 0.691. The van der Waals surface area contributed by atoms with Crippen LogP contribution in [0.3, 0.4) is 0 Å². The highest BCUT2D eigenvalue weighted by molar-refractivity contribution is 7.99. The Labute approximate surface area is 153 Å². The summed E-state index contributed by atoms with van der Waals surface area (Å²) in [5.41, 5.74) is 2.55. The van der Waals surface area contributed by atoms with Crippen LogP contribution < -0.4 is 14.8 Å². The molecule has 26 heavy (non-hydrogen) atoms. The van der Waals surface area contributed by atoms with E-state index in [2.05, 4.69) is 20.8 Å². The number of nitrogens with one attached hydrogen (secondary N) is 1. The van der Waals surface area contributed by atoms with Gasteiger partial charge in [-0.25, -0.2) is 0 Å². The third kappa shape index (κ3) is 3.33. The number of anilines is 1. The Kier molecular flexibility index (Phi) is 4.44. The molecule has 0 saturated heterocycles. The molecule has 3 aromatic rings. The summed E-state index contributed by atoms with van der Waals surface area (Å²) in [7, 11) is 0. The van der Waals surface area contributed by atoms with E-state index in [4.69, 9.17) is 9.47 Å². The molecule has 0 saturated carbocycles. The van der Waals surface area contributed by atoms with Gasteiger partial charge in [-0.2, -0.15) is 4.68 Å². The molecule has 0 atom stereocenters. The zero-order chi connectivity index (χ0) is 17.9. The third-order valence-corrected chi connectivity index (χ3v) is 4.71. The molecule has 0 aliphatic carbocycles. The van der Waals surface area contributed by atoms with Gasteiger partial charge in [0.2, 0.25) is 17.9 Å². The van der Waals surface area contributed by atoms with Crippen LogP contribution in [0.25, 0.3) is 5.69 Å².